The highest BCUT2D eigenvalue weighted by Crippen LogP contribution is 2.40. The zero-order valence-electron chi connectivity index (χ0n) is 16.6. The molecule has 0 aliphatic heterocycles. The Bertz CT molecular complexity index is 1150. The van der Waals surface area contributed by atoms with Gasteiger partial charge in [0.1, 0.15) is 5.01 Å². The number of carbonyl (C=O) groups is 1. The van der Waals surface area contributed by atoms with E-state index in [9.17, 15) is 4.79 Å². The van der Waals surface area contributed by atoms with Crippen LogP contribution >= 0.6 is 11.3 Å². The van der Waals surface area contributed by atoms with Crippen LogP contribution in [0.25, 0.3) is 21.8 Å². The molecule has 0 aliphatic rings. The van der Waals surface area contributed by atoms with Gasteiger partial charge in [-0.15, -0.1) is 11.3 Å². The molecule has 3 aromatic carbocycles. The van der Waals surface area contributed by atoms with E-state index in [1.54, 1.807) is 37.7 Å². The van der Waals surface area contributed by atoms with Gasteiger partial charge in [0.2, 0.25) is 0 Å². The van der Waals surface area contributed by atoms with E-state index in [1.807, 2.05) is 66.0 Å². The number of methoxy groups -OCH3 is 2. The van der Waals surface area contributed by atoms with E-state index < -0.39 is 0 Å². The van der Waals surface area contributed by atoms with Crippen molar-refractivity contribution in [3.05, 3.63) is 83.7 Å². The fourth-order valence-corrected chi connectivity index (χ4v) is 3.95. The number of para-hydroxylation sites is 1. The van der Waals surface area contributed by atoms with Gasteiger partial charge in [0, 0.05) is 22.2 Å². The molecule has 5 nitrogen and oxygen atoms in total. The third-order valence-corrected chi connectivity index (χ3v) is 5.49. The predicted molar refractivity (Wildman–Crippen MR) is 120 cm³/mol. The van der Waals surface area contributed by atoms with E-state index in [2.05, 4.69) is 5.32 Å². The van der Waals surface area contributed by atoms with Gasteiger partial charge in [-0.2, -0.15) is 0 Å². The molecule has 0 spiro atoms. The number of nitrogens with one attached hydrogen (secondary N) is 1. The average Bonchev–Trinajstić information content (AvgIpc) is 3.29. The Morgan fingerprint density at radius 2 is 1.67 bits per heavy atom. The van der Waals surface area contributed by atoms with E-state index >= 15 is 0 Å². The van der Waals surface area contributed by atoms with Gasteiger partial charge in [-0.1, -0.05) is 36.4 Å². The maximum Gasteiger partial charge on any atom is 0.255 e. The molecule has 4 rings (SSSR count). The summed E-state index contributed by atoms with van der Waals surface area (Å²) in [4.78, 5) is 17.1. The third kappa shape index (κ3) is 4.04. The van der Waals surface area contributed by atoms with Crippen LogP contribution in [0.3, 0.4) is 0 Å². The maximum absolute atomic E-state index is 12.3. The molecule has 1 N–H and O–H groups in total. The molecule has 150 valence electrons. The van der Waals surface area contributed by atoms with E-state index in [0.717, 1.165) is 27.5 Å². The molecule has 0 bridgehead atoms. The molecule has 0 aliphatic carbocycles. The minimum atomic E-state index is -0.135. The van der Waals surface area contributed by atoms with Crippen LogP contribution in [0, 0.1) is 0 Å². The van der Waals surface area contributed by atoms with E-state index in [-0.39, 0.29) is 5.91 Å². The molecule has 0 fully saturated rings. The Kier molecular flexibility index (Phi) is 5.77. The molecular formula is C24H20N2O3S. The second-order valence-corrected chi connectivity index (χ2v) is 7.33. The number of aromatic nitrogens is 1. The normalized spacial score (nSPS) is 10.5. The van der Waals surface area contributed by atoms with Crippen molar-refractivity contribution < 1.29 is 14.3 Å². The summed E-state index contributed by atoms with van der Waals surface area (Å²) in [6.07, 6.45) is 0. The molecule has 1 heterocycles. The van der Waals surface area contributed by atoms with Crippen LogP contribution in [0.2, 0.25) is 0 Å². The predicted octanol–water partition coefficient (Wildman–Crippen LogP) is 5.75. The molecule has 0 saturated heterocycles. The van der Waals surface area contributed by atoms with Crippen LogP contribution in [0.1, 0.15) is 10.4 Å². The van der Waals surface area contributed by atoms with Gasteiger partial charge in [0.25, 0.3) is 5.91 Å². The van der Waals surface area contributed by atoms with Crippen molar-refractivity contribution in [3.63, 3.8) is 0 Å². The first-order valence-electron chi connectivity index (χ1n) is 9.33. The first-order valence-corrected chi connectivity index (χ1v) is 10.2. The summed E-state index contributed by atoms with van der Waals surface area (Å²) in [6.45, 7) is 0. The smallest absolute Gasteiger partial charge is 0.255 e. The summed E-state index contributed by atoms with van der Waals surface area (Å²) >= 11 is 1.54. The number of carbonyl (C=O) groups excluding carboxylic acids is 1. The van der Waals surface area contributed by atoms with Crippen molar-refractivity contribution in [2.24, 2.45) is 0 Å². The van der Waals surface area contributed by atoms with Crippen molar-refractivity contribution in [2.75, 3.05) is 19.5 Å². The SMILES string of the molecule is COc1cccc(-c2nc(-c3ccc(NC(=O)c4ccccc4)cc3)cs2)c1OC. The number of ether oxygens (including phenoxy) is 2. The molecule has 30 heavy (non-hydrogen) atoms. The zero-order valence-corrected chi connectivity index (χ0v) is 17.4. The summed E-state index contributed by atoms with van der Waals surface area (Å²) in [5, 5.41) is 5.76. The maximum atomic E-state index is 12.3. The highest BCUT2D eigenvalue weighted by Gasteiger charge is 2.15. The average molecular weight is 417 g/mol. The minimum Gasteiger partial charge on any atom is -0.493 e. The van der Waals surface area contributed by atoms with Gasteiger partial charge in [-0.3, -0.25) is 4.79 Å². The molecule has 0 unspecified atom stereocenters. The minimum absolute atomic E-state index is 0.135. The van der Waals surface area contributed by atoms with E-state index in [1.165, 1.54) is 0 Å². The lowest BCUT2D eigenvalue weighted by atomic mass is 10.1. The lowest BCUT2D eigenvalue weighted by Crippen LogP contribution is -2.11. The van der Waals surface area contributed by atoms with Gasteiger partial charge >= 0.3 is 0 Å². The number of anilines is 1. The highest BCUT2D eigenvalue weighted by atomic mass is 32.1. The molecule has 0 atom stereocenters. The Balaban J connectivity index is 1.54. The molecule has 0 radical (unpaired) electrons. The van der Waals surface area contributed by atoms with Crippen molar-refractivity contribution >= 4 is 22.9 Å². The lowest BCUT2D eigenvalue weighted by molar-refractivity contribution is 0.102. The zero-order chi connectivity index (χ0) is 20.9. The van der Waals surface area contributed by atoms with Crippen LogP contribution in [0.15, 0.2) is 78.2 Å². The van der Waals surface area contributed by atoms with Gasteiger partial charge in [-0.25, -0.2) is 4.98 Å². The van der Waals surface area contributed by atoms with Crippen molar-refractivity contribution in [1.29, 1.82) is 0 Å². The van der Waals surface area contributed by atoms with Crippen LogP contribution in [0.5, 0.6) is 11.5 Å². The fourth-order valence-electron chi connectivity index (χ4n) is 3.10. The molecule has 1 aromatic heterocycles. The molecule has 6 heteroatoms. The summed E-state index contributed by atoms with van der Waals surface area (Å²) in [5.74, 6) is 1.20. The van der Waals surface area contributed by atoms with E-state index in [0.29, 0.717) is 17.1 Å². The molecule has 1 amide bonds. The Morgan fingerprint density at radius 3 is 2.37 bits per heavy atom. The number of nitrogens with zero attached hydrogens (tertiary/aromatic N) is 1. The number of benzene rings is 3. The largest absolute Gasteiger partial charge is 0.493 e. The van der Waals surface area contributed by atoms with Crippen molar-refractivity contribution in [3.8, 4) is 33.3 Å². The van der Waals surface area contributed by atoms with Gasteiger partial charge in [0.05, 0.1) is 25.5 Å². The standard InChI is InChI=1S/C24H20N2O3S/c1-28-21-10-6-9-19(22(21)29-2)24-26-20(15-30-24)16-11-13-18(14-12-16)25-23(27)17-7-4-3-5-8-17/h3-15H,1-2H3,(H,25,27). The summed E-state index contributed by atoms with van der Waals surface area (Å²) in [5.41, 5.74) is 4.08. The molecule has 4 aromatic rings. The number of rotatable bonds is 6. The Labute approximate surface area is 178 Å². The lowest BCUT2D eigenvalue weighted by Gasteiger charge is -2.10. The first kappa shape index (κ1) is 19.7. The summed E-state index contributed by atoms with van der Waals surface area (Å²) in [6, 6.07) is 22.5. The highest BCUT2D eigenvalue weighted by molar-refractivity contribution is 7.13. The fraction of sp³-hybridized carbons (Fsp3) is 0.0833. The number of amides is 1. The molecule has 0 saturated carbocycles. The first-order chi connectivity index (χ1) is 14.7. The van der Waals surface area contributed by atoms with Crippen molar-refractivity contribution in [1.82, 2.24) is 4.98 Å². The topological polar surface area (TPSA) is 60.5 Å². The number of hydrogen-bond donors (Lipinski definition) is 1. The Hall–Kier alpha value is -3.64. The Morgan fingerprint density at radius 1 is 0.900 bits per heavy atom. The van der Waals surface area contributed by atoms with Crippen molar-refractivity contribution in [2.45, 2.75) is 0 Å². The second kappa shape index (κ2) is 8.80. The second-order valence-electron chi connectivity index (χ2n) is 6.48. The molecular weight excluding hydrogens is 396 g/mol. The van der Waals surface area contributed by atoms with Crippen LogP contribution < -0.4 is 14.8 Å². The number of hydrogen-bond acceptors (Lipinski definition) is 5. The van der Waals surface area contributed by atoms with Crippen LogP contribution in [0.4, 0.5) is 5.69 Å². The summed E-state index contributed by atoms with van der Waals surface area (Å²) < 4.78 is 10.9. The van der Waals surface area contributed by atoms with Gasteiger partial charge in [0.15, 0.2) is 11.5 Å². The quantitative estimate of drug-likeness (QED) is 0.435. The monoisotopic (exact) mass is 416 g/mol. The number of thiazole rings is 1. The van der Waals surface area contributed by atoms with Gasteiger partial charge < -0.3 is 14.8 Å². The van der Waals surface area contributed by atoms with Gasteiger partial charge in [-0.05, 0) is 36.4 Å². The van der Waals surface area contributed by atoms with E-state index in [4.69, 9.17) is 14.5 Å². The summed E-state index contributed by atoms with van der Waals surface area (Å²) in [7, 11) is 3.24. The van der Waals surface area contributed by atoms with Crippen LogP contribution in [-0.2, 0) is 0 Å². The van der Waals surface area contributed by atoms with Crippen LogP contribution in [-0.4, -0.2) is 25.1 Å². The third-order valence-electron chi connectivity index (χ3n) is 4.61.